The molecule has 0 fully saturated rings. The first kappa shape index (κ1) is 18.9. The van der Waals surface area contributed by atoms with E-state index in [4.69, 9.17) is 44.3 Å². The molecule has 0 saturated carbocycles. The Labute approximate surface area is 177 Å². The lowest BCUT2D eigenvalue weighted by Crippen LogP contribution is -1.98. The van der Waals surface area contributed by atoms with Crippen molar-refractivity contribution >= 4 is 46.7 Å². The molecule has 0 aromatic heterocycles. The summed E-state index contributed by atoms with van der Waals surface area (Å²) in [5.41, 5.74) is 1.97. The Kier molecular flexibility index (Phi) is 5.31. The van der Waals surface area contributed by atoms with E-state index in [0.717, 1.165) is 5.56 Å². The maximum Gasteiger partial charge on any atom is 0.231 e. The van der Waals surface area contributed by atoms with Crippen molar-refractivity contribution in [3.8, 4) is 11.5 Å². The van der Waals surface area contributed by atoms with Crippen LogP contribution in [0.1, 0.15) is 21.5 Å². The number of carbonyl (C=O) groups excluding carboxylic acids is 1. The Morgan fingerprint density at radius 3 is 2.43 bits per heavy atom. The van der Waals surface area contributed by atoms with Gasteiger partial charge in [-0.3, -0.25) is 4.79 Å². The van der Waals surface area contributed by atoms with Gasteiger partial charge in [-0.2, -0.15) is 0 Å². The number of halogens is 3. The van der Waals surface area contributed by atoms with Crippen LogP contribution in [-0.4, -0.2) is 5.78 Å². The van der Waals surface area contributed by atoms with Crippen LogP contribution in [-0.2, 0) is 6.61 Å². The summed E-state index contributed by atoms with van der Waals surface area (Å²) in [6.45, 7) is 0.205. The third-order valence-electron chi connectivity index (χ3n) is 4.23. The molecule has 0 spiro atoms. The van der Waals surface area contributed by atoms with Crippen LogP contribution in [0.4, 0.5) is 0 Å². The lowest BCUT2D eigenvalue weighted by Gasteiger charge is -2.10. The fourth-order valence-corrected chi connectivity index (χ4v) is 3.54. The summed E-state index contributed by atoms with van der Waals surface area (Å²) in [6.07, 6.45) is 1.66. The molecule has 0 unspecified atom stereocenters. The Morgan fingerprint density at radius 2 is 1.68 bits per heavy atom. The van der Waals surface area contributed by atoms with Crippen molar-refractivity contribution < 1.29 is 14.3 Å². The van der Waals surface area contributed by atoms with Gasteiger partial charge in [0.2, 0.25) is 5.78 Å². The summed E-state index contributed by atoms with van der Waals surface area (Å²) in [5, 5.41) is 1.66. The molecule has 0 atom stereocenters. The Bertz CT molecular complexity index is 1090. The van der Waals surface area contributed by atoms with Crippen LogP contribution in [0.5, 0.6) is 11.5 Å². The van der Waals surface area contributed by atoms with Crippen molar-refractivity contribution in [1.82, 2.24) is 0 Å². The summed E-state index contributed by atoms with van der Waals surface area (Å²) >= 11 is 18.3. The van der Waals surface area contributed by atoms with Crippen molar-refractivity contribution in [1.29, 1.82) is 0 Å². The van der Waals surface area contributed by atoms with E-state index in [-0.39, 0.29) is 18.1 Å². The van der Waals surface area contributed by atoms with E-state index < -0.39 is 0 Å². The summed E-state index contributed by atoms with van der Waals surface area (Å²) in [5.74, 6) is 1.05. The number of rotatable bonds is 4. The topological polar surface area (TPSA) is 35.5 Å². The molecule has 0 amide bonds. The van der Waals surface area contributed by atoms with Crippen LogP contribution >= 0.6 is 34.8 Å². The fraction of sp³-hybridized carbons (Fsp3) is 0.0455. The number of hydrogen-bond donors (Lipinski definition) is 0. The van der Waals surface area contributed by atoms with E-state index in [1.54, 1.807) is 54.6 Å². The van der Waals surface area contributed by atoms with E-state index in [1.165, 1.54) is 0 Å². The third kappa shape index (κ3) is 3.88. The smallest absolute Gasteiger partial charge is 0.231 e. The summed E-state index contributed by atoms with van der Waals surface area (Å²) in [7, 11) is 0. The molecular formula is C22H13Cl3O3. The second-order valence-electron chi connectivity index (χ2n) is 6.14. The largest absolute Gasteiger partial charge is 0.489 e. The van der Waals surface area contributed by atoms with Gasteiger partial charge >= 0.3 is 0 Å². The second-order valence-corrected chi connectivity index (χ2v) is 7.39. The van der Waals surface area contributed by atoms with Gasteiger partial charge in [-0.25, -0.2) is 0 Å². The lowest BCUT2D eigenvalue weighted by molar-refractivity contribution is 0.101. The van der Waals surface area contributed by atoms with Crippen LogP contribution in [0.15, 0.2) is 66.4 Å². The molecule has 140 valence electrons. The fourth-order valence-electron chi connectivity index (χ4n) is 2.83. The number of carbonyl (C=O) groups is 1. The van der Waals surface area contributed by atoms with Crippen LogP contribution in [0.25, 0.3) is 6.08 Å². The first-order valence-corrected chi connectivity index (χ1v) is 9.54. The average Bonchev–Trinajstić information content (AvgIpc) is 2.96. The van der Waals surface area contributed by atoms with Crippen molar-refractivity contribution in [3.05, 3.63) is 98.2 Å². The Morgan fingerprint density at radius 1 is 0.929 bits per heavy atom. The van der Waals surface area contributed by atoms with Crippen LogP contribution < -0.4 is 9.47 Å². The highest BCUT2D eigenvalue weighted by atomic mass is 35.5. The Balaban J connectivity index is 1.54. The summed E-state index contributed by atoms with van der Waals surface area (Å²) in [6, 6.07) is 17.5. The SMILES string of the molecule is O=C1C(=Cc2cccc(Cl)c2)Oc2cc(OCc3c(Cl)cccc3Cl)ccc21. The van der Waals surface area contributed by atoms with Gasteiger partial charge in [-0.1, -0.05) is 53.0 Å². The minimum Gasteiger partial charge on any atom is -0.489 e. The predicted molar refractivity (Wildman–Crippen MR) is 112 cm³/mol. The number of ether oxygens (including phenoxy) is 2. The molecule has 0 bridgehead atoms. The molecule has 0 saturated heterocycles. The number of fused-ring (bicyclic) bond motifs is 1. The quantitative estimate of drug-likeness (QED) is 0.424. The van der Waals surface area contributed by atoms with E-state index in [0.29, 0.717) is 37.7 Å². The number of ketones is 1. The van der Waals surface area contributed by atoms with Gasteiger partial charge in [-0.05, 0) is 48.0 Å². The highest BCUT2D eigenvalue weighted by molar-refractivity contribution is 6.36. The van der Waals surface area contributed by atoms with Crippen LogP contribution in [0.2, 0.25) is 15.1 Å². The van der Waals surface area contributed by atoms with Gasteiger partial charge in [0.1, 0.15) is 18.1 Å². The molecule has 0 aliphatic carbocycles. The zero-order chi connectivity index (χ0) is 19.7. The van der Waals surface area contributed by atoms with Gasteiger partial charge in [0.15, 0.2) is 5.76 Å². The average molecular weight is 432 g/mol. The minimum atomic E-state index is -0.185. The van der Waals surface area contributed by atoms with Crippen LogP contribution in [0.3, 0.4) is 0 Å². The lowest BCUT2D eigenvalue weighted by atomic mass is 10.1. The minimum absolute atomic E-state index is 0.185. The third-order valence-corrected chi connectivity index (χ3v) is 5.18. The molecule has 1 aliphatic rings. The molecule has 0 radical (unpaired) electrons. The molecule has 3 nitrogen and oxygen atoms in total. The number of benzene rings is 3. The zero-order valence-corrected chi connectivity index (χ0v) is 16.7. The first-order chi connectivity index (χ1) is 13.5. The monoisotopic (exact) mass is 430 g/mol. The van der Waals surface area contributed by atoms with Gasteiger partial charge in [-0.15, -0.1) is 0 Å². The van der Waals surface area contributed by atoms with Crippen molar-refractivity contribution in [2.24, 2.45) is 0 Å². The maximum absolute atomic E-state index is 12.6. The predicted octanol–water partition coefficient (Wildman–Crippen LogP) is 6.84. The highest BCUT2D eigenvalue weighted by Gasteiger charge is 2.27. The molecule has 4 rings (SSSR count). The van der Waals surface area contributed by atoms with Gasteiger partial charge in [0, 0.05) is 26.7 Å². The standard InChI is InChI=1S/C22H13Cl3O3/c23-14-4-1-3-13(9-14)10-21-22(26)16-8-7-15(11-20(16)28-21)27-12-17-18(24)5-2-6-19(17)25/h1-11H,12H2. The molecular weight excluding hydrogens is 419 g/mol. The van der Waals surface area contributed by atoms with Crippen molar-refractivity contribution in [2.75, 3.05) is 0 Å². The molecule has 6 heteroatoms. The number of Topliss-reactive ketones (excluding diaryl/α,β-unsaturated/α-hetero) is 1. The first-order valence-electron chi connectivity index (χ1n) is 8.41. The van der Waals surface area contributed by atoms with Crippen molar-refractivity contribution in [2.45, 2.75) is 6.61 Å². The maximum atomic E-state index is 12.6. The van der Waals surface area contributed by atoms with E-state index in [9.17, 15) is 4.79 Å². The van der Waals surface area contributed by atoms with E-state index >= 15 is 0 Å². The second kappa shape index (κ2) is 7.88. The molecule has 1 heterocycles. The number of hydrogen-bond acceptors (Lipinski definition) is 3. The number of allylic oxidation sites excluding steroid dienone is 1. The molecule has 3 aromatic carbocycles. The van der Waals surface area contributed by atoms with Gasteiger partial charge < -0.3 is 9.47 Å². The van der Waals surface area contributed by atoms with Gasteiger partial charge in [0.25, 0.3) is 0 Å². The molecule has 28 heavy (non-hydrogen) atoms. The zero-order valence-electron chi connectivity index (χ0n) is 14.4. The van der Waals surface area contributed by atoms with Crippen LogP contribution in [0, 0.1) is 0 Å². The molecule has 3 aromatic rings. The Hall–Kier alpha value is -2.46. The van der Waals surface area contributed by atoms with Gasteiger partial charge in [0.05, 0.1) is 5.56 Å². The van der Waals surface area contributed by atoms with Crippen molar-refractivity contribution in [3.63, 3.8) is 0 Å². The van der Waals surface area contributed by atoms with E-state index in [2.05, 4.69) is 0 Å². The summed E-state index contributed by atoms with van der Waals surface area (Å²) < 4.78 is 11.5. The normalized spacial score (nSPS) is 14.1. The molecule has 0 N–H and O–H groups in total. The summed E-state index contributed by atoms with van der Waals surface area (Å²) in [4.78, 5) is 12.6. The van der Waals surface area contributed by atoms with E-state index in [1.807, 2.05) is 12.1 Å². The highest BCUT2D eigenvalue weighted by Crippen LogP contribution is 2.35. The molecule has 1 aliphatic heterocycles.